The number of alkyl halides is 2. The smallest absolute Gasteiger partial charge is 0.343 e. The van der Waals surface area contributed by atoms with E-state index >= 15 is 0 Å². The van der Waals surface area contributed by atoms with Gasteiger partial charge in [0.1, 0.15) is 0 Å². The van der Waals surface area contributed by atoms with Gasteiger partial charge in [0.25, 0.3) is 0 Å². The van der Waals surface area contributed by atoms with Crippen LogP contribution in [0.4, 0.5) is 8.78 Å². The van der Waals surface area contributed by atoms with Gasteiger partial charge in [0.2, 0.25) is 0 Å². The van der Waals surface area contributed by atoms with Gasteiger partial charge >= 0.3 is 21.3 Å². The molecule has 1 atom stereocenters. The zero-order valence-electron chi connectivity index (χ0n) is 10.5. The normalized spacial score (nSPS) is 13.6. The van der Waals surface area contributed by atoms with E-state index in [4.69, 9.17) is 4.55 Å². The van der Waals surface area contributed by atoms with Crippen LogP contribution in [0.25, 0.3) is 6.08 Å². The van der Waals surface area contributed by atoms with Gasteiger partial charge in [-0.3, -0.25) is 9.35 Å². The predicted octanol–water partition coefficient (Wildman–Crippen LogP) is 1.99. The van der Waals surface area contributed by atoms with Crippen LogP contribution >= 0.6 is 0 Å². The minimum absolute atomic E-state index is 0.495. The van der Waals surface area contributed by atoms with Crippen molar-refractivity contribution in [3.8, 4) is 0 Å². The lowest BCUT2D eigenvalue weighted by atomic mass is 10.1. The molecule has 0 aliphatic carbocycles. The van der Waals surface area contributed by atoms with E-state index in [2.05, 4.69) is 6.58 Å². The average Bonchev–Trinajstić information content (AvgIpc) is 2.37. The van der Waals surface area contributed by atoms with E-state index < -0.39 is 27.3 Å². The summed E-state index contributed by atoms with van der Waals surface area (Å²) in [6, 6.07) is 5.62. The fourth-order valence-corrected chi connectivity index (χ4v) is 1.70. The molecule has 8 heteroatoms. The Labute approximate surface area is 115 Å². The summed E-state index contributed by atoms with van der Waals surface area (Å²) in [7, 11) is -5.80. The van der Waals surface area contributed by atoms with Gasteiger partial charge < -0.3 is 5.32 Å². The van der Waals surface area contributed by atoms with Gasteiger partial charge in [0.05, 0.1) is 6.04 Å². The van der Waals surface area contributed by atoms with Crippen LogP contribution in [0.1, 0.15) is 24.1 Å². The van der Waals surface area contributed by atoms with Crippen LogP contribution in [0, 0.1) is 0 Å². The molecule has 0 bridgehead atoms. The number of carbonyl (C=O) groups excluding carboxylic acids is 1. The quantitative estimate of drug-likeness (QED) is 0.815. The molecule has 1 rings (SSSR count). The maximum Gasteiger partial charge on any atom is 0.446 e. The predicted molar refractivity (Wildman–Crippen MR) is 69.6 cm³/mol. The molecule has 0 saturated carbocycles. The zero-order valence-corrected chi connectivity index (χ0v) is 11.3. The fourth-order valence-electron chi connectivity index (χ4n) is 1.40. The maximum absolute atomic E-state index is 13.1. The summed E-state index contributed by atoms with van der Waals surface area (Å²) in [6.07, 6.45) is 1.58. The molecule has 0 aromatic heterocycles. The monoisotopic (exact) mass is 305 g/mol. The summed E-state index contributed by atoms with van der Waals surface area (Å²) in [5, 5.41) is -3.06. The minimum atomic E-state index is -5.80. The molecule has 5 nitrogen and oxygen atoms in total. The van der Waals surface area contributed by atoms with Crippen LogP contribution in [0.3, 0.4) is 0 Å². The first kappa shape index (κ1) is 16.3. The number of hydrogen-bond acceptors (Lipinski definition) is 3. The molecule has 0 saturated heterocycles. The highest BCUT2D eigenvalue weighted by molar-refractivity contribution is 7.87. The molecular formula is C12H13F2NO4S. The summed E-state index contributed by atoms with van der Waals surface area (Å²) < 4.78 is 55.3. The number of nitrogens with one attached hydrogen (secondary N) is 1. The molecule has 0 spiro atoms. The molecule has 1 amide bonds. The van der Waals surface area contributed by atoms with E-state index in [0.717, 1.165) is 5.56 Å². The lowest BCUT2D eigenvalue weighted by Gasteiger charge is -2.18. The van der Waals surface area contributed by atoms with E-state index in [9.17, 15) is 22.0 Å². The number of amides is 1. The second-order valence-corrected chi connectivity index (χ2v) is 5.52. The second kappa shape index (κ2) is 5.68. The molecule has 2 N–H and O–H groups in total. The number of hydrogen-bond donors (Lipinski definition) is 2. The average molecular weight is 305 g/mol. The Kier molecular flexibility index (Phi) is 4.61. The molecule has 1 unspecified atom stereocenters. The Morgan fingerprint density at radius 2 is 1.90 bits per heavy atom. The third-order valence-electron chi connectivity index (χ3n) is 2.61. The molecule has 0 radical (unpaired) electrons. The van der Waals surface area contributed by atoms with Crippen LogP contribution in [-0.4, -0.2) is 24.1 Å². The third-order valence-corrected chi connectivity index (χ3v) is 3.44. The van der Waals surface area contributed by atoms with Gasteiger partial charge in [-0.1, -0.05) is 36.9 Å². The molecule has 1 aromatic rings. The highest BCUT2D eigenvalue weighted by Crippen LogP contribution is 2.22. The number of carbonyl (C=O) groups is 1. The van der Waals surface area contributed by atoms with Crippen molar-refractivity contribution in [3.05, 3.63) is 42.0 Å². The second-order valence-electron chi connectivity index (χ2n) is 4.06. The van der Waals surface area contributed by atoms with E-state index in [1.165, 1.54) is 6.92 Å². The van der Waals surface area contributed by atoms with Crippen molar-refractivity contribution in [3.63, 3.8) is 0 Å². The van der Waals surface area contributed by atoms with Crippen molar-refractivity contribution >= 4 is 22.1 Å². The molecule has 1 aromatic carbocycles. The summed E-state index contributed by atoms with van der Waals surface area (Å²) in [6.45, 7) is 4.95. The van der Waals surface area contributed by atoms with Crippen LogP contribution < -0.4 is 5.32 Å². The van der Waals surface area contributed by atoms with E-state index in [0.29, 0.717) is 5.56 Å². The van der Waals surface area contributed by atoms with Gasteiger partial charge in [-0.25, -0.2) is 0 Å². The van der Waals surface area contributed by atoms with Crippen molar-refractivity contribution < 1.29 is 26.5 Å². The van der Waals surface area contributed by atoms with Crippen molar-refractivity contribution in [2.45, 2.75) is 18.2 Å². The van der Waals surface area contributed by atoms with Crippen molar-refractivity contribution in [2.75, 3.05) is 0 Å². The molecule has 0 fully saturated rings. The topological polar surface area (TPSA) is 83.5 Å². The maximum atomic E-state index is 13.1. The van der Waals surface area contributed by atoms with Gasteiger partial charge in [0, 0.05) is 0 Å². The largest absolute Gasteiger partial charge is 0.446 e. The highest BCUT2D eigenvalue weighted by atomic mass is 32.2. The lowest BCUT2D eigenvalue weighted by Crippen LogP contribution is -2.46. The Morgan fingerprint density at radius 1 is 1.40 bits per heavy atom. The van der Waals surface area contributed by atoms with Crippen LogP contribution in [0.2, 0.25) is 0 Å². The van der Waals surface area contributed by atoms with Crippen molar-refractivity contribution in [1.29, 1.82) is 0 Å². The first-order valence-electron chi connectivity index (χ1n) is 5.48. The van der Waals surface area contributed by atoms with Gasteiger partial charge in [-0.05, 0) is 18.1 Å². The molecule has 0 aliphatic rings. The molecule has 0 heterocycles. The molecule has 110 valence electrons. The van der Waals surface area contributed by atoms with Crippen molar-refractivity contribution in [1.82, 2.24) is 5.32 Å². The summed E-state index contributed by atoms with van der Waals surface area (Å²) in [4.78, 5) is 11.2. The first-order valence-corrected chi connectivity index (χ1v) is 6.92. The molecule has 0 aliphatic heterocycles. The van der Waals surface area contributed by atoms with E-state index in [1.807, 2.05) is 5.32 Å². The summed E-state index contributed by atoms with van der Waals surface area (Å²) >= 11 is 0. The molecule has 20 heavy (non-hydrogen) atoms. The fraction of sp³-hybridized carbons (Fsp3) is 0.250. The number of benzene rings is 1. The summed E-state index contributed by atoms with van der Waals surface area (Å²) in [5.41, 5.74) is 1.30. The Morgan fingerprint density at radius 3 is 2.30 bits per heavy atom. The Balaban J connectivity index is 2.87. The SMILES string of the molecule is C=Cc1ccc(C(C)NC(=O)C(F)(F)S(=O)(=O)O)cc1. The molecular weight excluding hydrogens is 292 g/mol. The van der Waals surface area contributed by atoms with Gasteiger partial charge in [0.15, 0.2) is 0 Å². The standard InChI is InChI=1S/C12H13F2NO4S/c1-3-9-4-6-10(7-5-9)8(2)15-11(16)12(13,14)20(17,18)19/h3-8H,1H2,2H3,(H,15,16)(H,17,18,19). The van der Waals surface area contributed by atoms with E-state index in [1.54, 1.807) is 30.3 Å². The van der Waals surface area contributed by atoms with Crippen LogP contribution in [0.5, 0.6) is 0 Å². The third kappa shape index (κ3) is 3.40. The van der Waals surface area contributed by atoms with Crippen LogP contribution in [-0.2, 0) is 14.9 Å². The Hall–Kier alpha value is -1.80. The van der Waals surface area contributed by atoms with Gasteiger partial charge in [-0.2, -0.15) is 17.2 Å². The lowest BCUT2D eigenvalue weighted by molar-refractivity contribution is -0.136. The minimum Gasteiger partial charge on any atom is -0.343 e. The summed E-state index contributed by atoms with van der Waals surface area (Å²) in [5.74, 6) is -2.08. The Bertz CT molecular complexity index is 611. The van der Waals surface area contributed by atoms with E-state index in [-0.39, 0.29) is 0 Å². The zero-order chi connectivity index (χ0) is 15.6. The van der Waals surface area contributed by atoms with Crippen LogP contribution in [0.15, 0.2) is 30.8 Å². The van der Waals surface area contributed by atoms with Crippen molar-refractivity contribution in [2.24, 2.45) is 0 Å². The highest BCUT2D eigenvalue weighted by Gasteiger charge is 2.52. The van der Waals surface area contributed by atoms with Gasteiger partial charge in [-0.15, -0.1) is 0 Å². The first-order chi connectivity index (χ1) is 9.09. The number of rotatable bonds is 5. The number of halogens is 2.